The first-order valence-electron chi connectivity index (χ1n) is 8.27. The minimum Gasteiger partial charge on any atom is -0.394 e. The number of carbonyl (C=O) groups is 1. The van der Waals surface area contributed by atoms with E-state index < -0.39 is 0 Å². The van der Waals surface area contributed by atoms with Gasteiger partial charge in [0.1, 0.15) is 5.82 Å². The number of amides is 1. The molecule has 1 unspecified atom stereocenters. The summed E-state index contributed by atoms with van der Waals surface area (Å²) < 4.78 is 15.3. The monoisotopic (exact) mass is 371 g/mol. The summed E-state index contributed by atoms with van der Waals surface area (Å²) in [4.78, 5) is 15.9. The molecule has 1 aliphatic heterocycles. The van der Waals surface area contributed by atoms with Gasteiger partial charge >= 0.3 is 0 Å². The van der Waals surface area contributed by atoms with Crippen LogP contribution in [0, 0.1) is 5.82 Å². The number of hydrogen-bond acceptors (Lipinski definition) is 4. The number of nitrogens with one attached hydrogen (secondary N) is 2. The molecule has 0 bridgehead atoms. The zero-order chi connectivity index (χ0) is 18.3. The molecule has 1 atom stereocenters. The average molecular weight is 371 g/mol. The summed E-state index contributed by atoms with van der Waals surface area (Å²) >= 11 is 1.48. The minimum absolute atomic E-state index is 0.0699. The zero-order valence-corrected chi connectivity index (χ0v) is 14.9. The topological polar surface area (TPSA) is 68.4 Å². The Hall–Kier alpha value is -2.35. The number of aromatic amines is 1. The highest BCUT2D eigenvalue weighted by molar-refractivity contribution is 7.97. The first kappa shape index (κ1) is 17.1. The number of benzene rings is 2. The van der Waals surface area contributed by atoms with Gasteiger partial charge in [-0.3, -0.25) is 4.79 Å². The summed E-state index contributed by atoms with van der Waals surface area (Å²) in [5, 5.41) is 13.4. The van der Waals surface area contributed by atoms with E-state index in [1.165, 1.54) is 24.1 Å². The molecule has 0 radical (unpaired) electrons. The van der Waals surface area contributed by atoms with E-state index in [2.05, 4.69) is 10.3 Å². The third-order valence-corrected chi connectivity index (χ3v) is 5.82. The highest BCUT2D eigenvalue weighted by Gasteiger charge is 2.32. The van der Waals surface area contributed by atoms with Crippen molar-refractivity contribution in [1.82, 2.24) is 14.6 Å². The Bertz CT molecular complexity index is 988. The van der Waals surface area contributed by atoms with E-state index in [1.807, 2.05) is 28.7 Å². The molecule has 3 N–H and O–H groups in total. The lowest BCUT2D eigenvalue weighted by Crippen LogP contribution is -2.33. The van der Waals surface area contributed by atoms with E-state index in [-0.39, 0.29) is 30.9 Å². The Kier molecular flexibility index (Phi) is 4.44. The molecular weight excluding hydrogens is 353 g/mol. The van der Waals surface area contributed by atoms with E-state index in [9.17, 15) is 14.3 Å². The summed E-state index contributed by atoms with van der Waals surface area (Å²) in [6, 6.07) is 10.5. The quantitative estimate of drug-likeness (QED) is 0.617. The number of carbonyl (C=O) groups excluding carboxylic acids is 1. The number of aliphatic hydroxyl groups excluding tert-OH is 1. The molecule has 2 aromatic carbocycles. The summed E-state index contributed by atoms with van der Waals surface area (Å²) in [5.41, 5.74) is 3.71. The summed E-state index contributed by atoms with van der Waals surface area (Å²) in [6.07, 6.45) is 1.87. The molecule has 0 saturated carbocycles. The average Bonchev–Trinajstić information content (AvgIpc) is 3.20. The van der Waals surface area contributed by atoms with Gasteiger partial charge in [0.25, 0.3) is 0 Å². The molecule has 7 heteroatoms. The molecule has 0 saturated heterocycles. The molecule has 0 spiro atoms. The Balaban J connectivity index is 1.72. The van der Waals surface area contributed by atoms with Gasteiger partial charge in [0, 0.05) is 34.6 Å². The molecule has 5 nitrogen and oxygen atoms in total. The fourth-order valence-corrected chi connectivity index (χ4v) is 4.47. The van der Waals surface area contributed by atoms with Crippen molar-refractivity contribution >= 4 is 28.8 Å². The molecule has 2 heterocycles. The van der Waals surface area contributed by atoms with Gasteiger partial charge < -0.3 is 15.4 Å². The van der Waals surface area contributed by atoms with Crippen LogP contribution in [-0.2, 0) is 4.79 Å². The Morgan fingerprint density at radius 1 is 1.35 bits per heavy atom. The van der Waals surface area contributed by atoms with Crippen molar-refractivity contribution in [2.75, 3.05) is 20.2 Å². The van der Waals surface area contributed by atoms with Crippen LogP contribution in [0.3, 0.4) is 0 Å². The van der Waals surface area contributed by atoms with Gasteiger partial charge in [-0.2, -0.15) is 0 Å². The lowest BCUT2D eigenvalue weighted by Gasteiger charge is -2.20. The summed E-state index contributed by atoms with van der Waals surface area (Å²) in [5.74, 6) is -0.371. The van der Waals surface area contributed by atoms with Gasteiger partial charge in [0.2, 0.25) is 5.91 Å². The second kappa shape index (κ2) is 6.75. The highest BCUT2D eigenvalue weighted by Crippen LogP contribution is 2.45. The third-order valence-electron chi connectivity index (χ3n) is 4.64. The van der Waals surface area contributed by atoms with Crippen LogP contribution in [0.5, 0.6) is 0 Å². The van der Waals surface area contributed by atoms with Crippen molar-refractivity contribution in [2.24, 2.45) is 0 Å². The maximum Gasteiger partial charge on any atom is 0.234 e. The van der Waals surface area contributed by atoms with Crippen LogP contribution in [0.4, 0.5) is 4.39 Å². The zero-order valence-electron chi connectivity index (χ0n) is 14.1. The molecule has 3 aromatic rings. The smallest absolute Gasteiger partial charge is 0.234 e. The molecule has 0 aliphatic carbocycles. The number of aliphatic hydroxyl groups is 1. The van der Waals surface area contributed by atoms with Crippen LogP contribution in [0.2, 0.25) is 0 Å². The molecule has 134 valence electrons. The Morgan fingerprint density at radius 3 is 2.96 bits per heavy atom. The number of hydrogen-bond donors (Lipinski definition) is 3. The van der Waals surface area contributed by atoms with Gasteiger partial charge in [-0.1, -0.05) is 6.07 Å². The normalized spacial score (nSPS) is 16.8. The molecule has 26 heavy (non-hydrogen) atoms. The van der Waals surface area contributed by atoms with Crippen molar-refractivity contribution in [1.29, 1.82) is 0 Å². The van der Waals surface area contributed by atoms with Gasteiger partial charge in [0.05, 0.1) is 19.2 Å². The number of rotatable bonds is 4. The van der Waals surface area contributed by atoms with Crippen LogP contribution >= 0.6 is 11.9 Å². The van der Waals surface area contributed by atoms with Crippen molar-refractivity contribution < 1.29 is 14.3 Å². The first-order chi connectivity index (χ1) is 12.6. The van der Waals surface area contributed by atoms with Gasteiger partial charge in [-0.15, -0.1) is 0 Å². The Labute approximate surface area is 154 Å². The second-order valence-corrected chi connectivity index (χ2v) is 7.27. The predicted molar refractivity (Wildman–Crippen MR) is 100 cm³/mol. The molecule has 0 fully saturated rings. The van der Waals surface area contributed by atoms with E-state index in [0.29, 0.717) is 0 Å². The van der Waals surface area contributed by atoms with Crippen LogP contribution in [0.25, 0.3) is 22.0 Å². The van der Waals surface area contributed by atoms with Crippen LogP contribution in [0.15, 0.2) is 47.5 Å². The van der Waals surface area contributed by atoms with Crippen LogP contribution in [0.1, 0.15) is 11.6 Å². The third kappa shape index (κ3) is 2.88. The van der Waals surface area contributed by atoms with Crippen molar-refractivity contribution in [3.63, 3.8) is 0 Å². The number of H-pyrrole nitrogens is 1. The second-order valence-electron chi connectivity index (χ2n) is 6.18. The molecular formula is C19H18FN3O2S. The standard InChI is InChI=1S/C19H18FN3O2S/c1-21-19(25)9-23-17(10-24)14-6-11(2-5-18(14)26-23)15-8-22-16-7-12(20)3-4-13(15)16/h2-8,17,22,24H,9-10H2,1H3,(H,21,25). The number of fused-ring (bicyclic) bond motifs is 2. The highest BCUT2D eigenvalue weighted by atomic mass is 32.2. The number of halogens is 1. The van der Waals surface area contributed by atoms with Crippen LogP contribution < -0.4 is 5.32 Å². The van der Waals surface area contributed by atoms with Gasteiger partial charge in [-0.05, 0) is 53.4 Å². The number of aromatic nitrogens is 1. The van der Waals surface area contributed by atoms with Gasteiger partial charge in [-0.25, -0.2) is 8.70 Å². The number of nitrogens with zero attached hydrogens (tertiary/aromatic N) is 1. The van der Waals surface area contributed by atoms with Crippen molar-refractivity contribution in [2.45, 2.75) is 10.9 Å². The SMILES string of the molecule is CNC(=O)CN1Sc2ccc(-c3c[nH]c4cc(F)ccc34)cc2C1CO. The van der Waals surface area contributed by atoms with Crippen molar-refractivity contribution in [3.05, 3.63) is 54.0 Å². The molecule has 4 rings (SSSR count). The maximum absolute atomic E-state index is 13.4. The van der Waals surface area contributed by atoms with Crippen molar-refractivity contribution in [3.8, 4) is 11.1 Å². The van der Waals surface area contributed by atoms with E-state index in [0.717, 1.165) is 32.5 Å². The summed E-state index contributed by atoms with van der Waals surface area (Å²) in [7, 11) is 1.60. The van der Waals surface area contributed by atoms with E-state index in [1.54, 1.807) is 13.1 Å². The van der Waals surface area contributed by atoms with Gasteiger partial charge in [0.15, 0.2) is 0 Å². The van der Waals surface area contributed by atoms with E-state index in [4.69, 9.17) is 0 Å². The molecule has 1 aliphatic rings. The van der Waals surface area contributed by atoms with Crippen LogP contribution in [-0.4, -0.2) is 40.5 Å². The molecule has 1 amide bonds. The fraction of sp³-hybridized carbons (Fsp3) is 0.211. The molecule has 1 aromatic heterocycles. The fourth-order valence-electron chi connectivity index (χ4n) is 3.29. The minimum atomic E-state index is -0.276. The first-order valence-corrected chi connectivity index (χ1v) is 9.05. The largest absolute Gasteiger partial charge is 0.394 e. The summed E-state index contributed by atoms with van der Waals surface area (Å²) in [6.45, 7) is 0.141. The Morgan fingerprint density at radius 2 is 2.19 bits per heavy atom. The lowest BCUT2D eigenvalue weighted by molar-refractivity contribution is -0.121. The lowest BCUT2D eigenvalue weighted by atomic mass is 9.99. The maximum atomic E-state index is 13.4. The van der Waals surface area contributed by atoms with E-state index >= 15 is 0 Å². The number of likely N-dealkylation sites (N-methyl/N-ethyl adjacent to an activating group) is 1. The predicted octanol–water partition coefficient (Wildman–Crippen LogP) is 3.08.